The summed E-state index contributed by atoms with van der Waals surface area (Å²) in [7, 11) is 0. The van der Waals surface area contributed by atoms with Gasteiger partial charge in [-0.25, -0.2) is 9.59 Å². The van der Waals surface area contributed by atoms with Crippen LogP contribution in [0, 0.1) is 6.92 Å². The van der Waals surface area contributed by atoms with Crippen LogP contribution in [-0.4, -0.2) is 36.0 Å². The predicted molar refractivity (Wildman–Crippen MR) is 122 cm³/mol. The van der Waals surface area contributed by atoms with Gasteiger partial charge in [-0.1, -0.05) is 12.8 Å². The maximum absolute atomic E-state index is 12.2. The van der Waals surface area contributed by atoms with Crippen LogP contribution in [0.4, 0.5) is 10.5 Å². The standard InChI is InChI=1S/C22H25N3O6S/c1-13-11-16(30-12-18(26)31-22(2,3)4)9-10-17(13)23-21(29)24-19(27)14-5-7-15(8-6-14)20(28)25-32/h5-11,32H,12H2,1-4H3,(H,25,28)(H2,23,24,27,29). The molecule has 32 heavy (non-hydrogen) atoms. The maximum atomic E-state index is 12.2. The van der Waals surface area contributed by atoms with Gasteiger partial charge in [0.2, 0.25) is 0 Å². The van der Waals surface area contributed by atoms with Crippen molar-refractivity contribution in [2.24, 2.45) is 0 Å². The number of ether oxygens (including phenoxy) is 2. The zero-order valence-electron chi connectivity index (χ0n) is 18.1. The van der Waals surface area contributed by atoms with Crippen molar-refractivity contribution in [2.45, 2.75) is 33.3 Å². The summed E-state index contributed by atoms with van der Waals surface area (Å²) in [6.07, 6.45) is 0. The predicted octanol–water partition coefficient (Wildman–Crippen LogP) is 3.25. The van der Waals surface area contributed by atoms with E-state index < -0.39 is 29.4 Å². The van der Waals surface area contributed by atoms with E-state index in [9.17, 15) is 19.2 Å². The van der Waals surface area contributed by atoms with Gasteiger partial charge in [-0.05, 0) is 75.7 Å². The van der Waals surface area contributed by atoms with Gasteiger partial charge in [0.25, 0.3) is 11.8 Å². The molecule has 2 aromatic carbocycles. The van der Waals surface area contributed by atoms with E-state index in [1.165, 1.54) is 24.3 Å². The minimum absolute atomic E-state index is 0.207. The highest BCUT2D eigenvalue weighted by Gasteiger charge is 2.17. The van der Waals surface area contributed by atoms with Gasteiger partial charge < -0.3 is 14.8 Å². The van der Waals surface area contributed by atoms with E-state index >= 15 is 0 Å². The Balaban J connectivity index is 1.92. The second-order valence-electron chi connectivity index (χ2n) is 7.78. The number of hydrogen-bond donors (Lipinski definition) is 4. The fourth-order valence-electron chi connectivity index (χ4n) is 2.55. The van der Waals surface area contributed by atoms with Gasteiger partial charge in [0.15, 0.2) is 6.61 Å². The van der Waals surface area contributed by atoms with Gasteiger partial charge in [0.1, 0.15) is 11.4 Å². The largest absolute Gasteiger partial charge is 0.482 e. The zero-order chi connectivity index (χ0) is 23.9. The van der Waals surface area contributed by atoms with Crippen LogP contribution < -0.4 is 20.1 Å². The molecule has 0 saturated heterocycles. The first kappa shape index (κ1) is 24.7. The second-order valence-corrected chi connectivity index (χ2v) is 8.00. The number of urea groups is 1. The number of amides is 4. The van der Waals surface area contributed by atoms with E-state index in [0.29, 0.717) is 22.6 Å². The fraction of sp³-hybridized carbons (Fsp3) is 0.273. The topological polar surface area (TPSA) is 123 Å². The zero-order valence-corrected chi connectivity index (χ0v) is 19.0. The first-order valence-corrected chi connectivity index (χ1v) is 10.1. The van der Waals surface area contributed by atoms with Gasteiger partial charge in [-0.15, -0.1) is 0 Å². The van der Waals surface area contributed by atoms with Crippen LogP contribution in [0.3, 0.4) is 0 Å². The summed E-state index contributed by atoms with van der Waals surface area (Å²) >= 11 is 3.68. The number of nitrogens with one attached hydrogen (secondary N) is 3. The Hall–Kier alpha value is -3.53. The fourth-order valence-corrected chi connectivity index (χ4v) is 2.67. The van der Waals surface area contributed by atoms with Crippen molar-refractivity contribution < 1.29 is 28.7 Å². The van der Waals surface area contributed by atoms with E-state index in [1.54, 1.807) is 45.9 Å². The Kier molecular flexibility index (Phi) is 8.25. The van der Waals surface area contributed by atoms with Crippen LogP contribution >= 0.6 is 12.8 Å². The molecule has 0 aliphatic heterocycles. The van der Waals surface area contributed by atoms with Crippen molar-refractivity contribution in [1.29, 1.82) is 0 Å². The van der Waals surface area contributed by atoms with E-state index in [2.05, 4.69) is 28.2 Å². The Morgan fingerprint density at radius 1 is 0.938 bits per heavy atom. The molecule has 170 valence electrons. The van der Waals surface area contributed by atoms with Crippen molar-refractivity contribution in [3.63, 3.8) is 0 Å². The smallest absolute Gasteiger partial charge is 0.344 e. The van der Waals surface area contributed by atoms with Crippen LogP contribution in [0.25, 0.3) is 0 Å². The number of hydrogen-bond acceptors (Lipinski definition) is 7. The maximum Gasteiger partial charge on any atom is 0.344 e. The van der Waals surface area contributed by atoms with Crippen LogP contribution in [0.1, 0.15) is 47.1 Å². The third kappa shape index (κ3) is 7.62. The van der Waals surface area contributed by atoms with E-state index in [-0.39, 0.29) is 12.2 Å². The van der Waals surface area contributed by atoms with Gasteiger partial charge in [0, 0.05) is 16.8 Å². The van der Waals surface area contributed by atoms with Crippen LogP contribution in [0.2, 0.25) is 0 Å². The third-order valence-corrected chi connectivity index (χ3v) is 4.16. The average molecular weight is 460 g/mol. The van der Waals surface area contributed by atoms with E-state index in [1.807, 2.05) is 0 Å². The molecule has 0 radical (unpaired) electrons. The van der Waals surface area contributed by atoms with Gasteiger partial charge in [0.05, 0.1) is 0 Å². The normalized spacial score (nSPS) is 10.7. The minimum atomic E-state index is -0.724. The molecule has 2 aromatic rings. The lowest BCUT2D eigenvalue weighted by Gasteiger charge is -2.19. The number of rotatable bonds is 6. The summed E-state index contributed by atoms with van der Waals surface area (Å²) in [4.78, 5) is 47.7. The monoisotopic (exact) mass is 459 g/mol. The summed E-state index contributed by atoms with van der Waals surface area (Å²) in [5.41, 5.74) is 1.05. The molecule has 0 bridgehead atoms. The molecule has 2 rings (SSSR count). The number of imide groups is 1. The first-order chi connectivity index (χ1) is 15.0. The molecule has 0 fully saturated rings. The number of carbonyl (C=O) groups excluding carboxylic acids is 4. The highest BCUT2D eigenvalue weighted by molar-refractivity contribution is 7.78. The summed E-state index contributed by atoms with van der Waals surface area (Å²) in [5, 5.41) is 4.79. The number of thiol groups is 1. The molecule has 9 nitrogen and oxygen atoms in total. The van der Waals surface area contributed by atoms with Crippen LogP contribution in [0.5, 0.6) is 5.75 Å². The molecule has 0 spiro atoms. The van der Waals surface area contributed by atoms with Crippen LogP contribution in [-0.2, 0) is 9.53 Å². The first-order valence-electron chi connectivity index (χ1n) is 9.60. The molecule has 0 aromatic heterocycles. The van der Waals surface area contributed by atoms with E-state index in [4.69, 9.17) is 9.47 Å². The number of anilines is 1. The minimum Gasteiger partial charge on any atom is -0.482 e. The average Bonchev–Trinajstić information content (AvgIpc) is 2.72. The molecule has 0 aliphatic carbocycles. The quantitative estimate of drug-likeness (QED) is 0.389. The van der Waals surface area contributed by atoms with Crippen LogP contribution in [0.15, 0.2) is 42.5 Å². The molecule has 0 heterocycles. The van der Waals surface area contributed by atoms with Crippen molar-refractivity contribution >= 4 is 42.3 Å². The molecular formula is C22H25N3O6S. The number of aryl methyl sites for hydroxylation is 1. The molecule has 0 unspecified atom stereocenters. The van der Waals surface area contributed by atoms with Gasteiger partial charge in [-0.3, -0.25) is 19.6 Å². The molecular weight excluding hydrogens is 434 g/mol. The SMILES string of the molecule is Cc1cc(OCC(=O)OC(C)(C)C)ccc1NC(=O)NC(=O)c1ccc(C(=O)NS)cc1. The molecule has 0 atom stereocenters. The summed E-state index contributed by atoms with van der Waals surface area (Å²) in [6.45, 7) is 6.79. The second kappa shape index (κ2) is 10.7. The molecule has 4 amide bonds. The molecule has 0 saturated carbocycles. The Labute approximate surface area is 191 Å². The number of benzene rings is 2. The van der Waals surface area contributed by atoms with Crippen molar-refractivity contribution in [3.05, 3.63) is 59.2 Å². The number of carbonyl (C=O) groups is 4. The Morgan fingerprint density at radius 3 is 2.06 bits per heavy atom. The van der Waals surface area contributed by atoms with Crippen molar-refractivity contribution in [1.82, 2.24) is 10.0 Å². The summed E-state index contributed by atoms with van der Waals surface area (Å²) in [5.74, 6) is -1.10. The van der Waals surface area contributed by atoms with Crippen molar-refractivity contribution in [3.8, 4) is 5.75 Å². The van der Waals surface area contributed by atoms with Crippen molar-refractivity contribution in [2.75, 3.05) is 11.9 Å². The lowest BCUT2D eigenvalue weighted by atomic mass is 10.1. The Bertz CT molecular complexity index is 1020. The molecule has 0 aliphatic rings. The third-order valence-electron chi connectivity index (χ3n) is 3.96. The lowest BCUT2D eigenvalue weighted by molar-refractivity contribution is -0.157. The molecule has 10 heteroatoms. The van der Waals surface area contributed by atoms with E-state index in [0.717, 1.165) is 0 Å². The van der Waals surface area contributed by atoms with Gasteiger partial charge >= 0.3 is 12.0 Å². The van der Waals surface area contributed by atoms with Gasteiger partial charge in [-0.2, -0.15) is 0 Å². The lowest BCUT2D eigenvalue weighted by Crippen LogP contribution is -2.34. The Morgan fingerprint density at radius 2 is 1.53 bits per heavy atom. The summed E-state index contributed by atoms with van der Waals surface area (Å²) in [6, 6.07) is 9.82. The summed E-state index contributed by atoms with van der Waals surface area (Å²) < 4.78 is 12.8. The molecule has 3 N–H and O–H groups in total. The highest BCUT2D eigenvalue weighted by atomic mass is 32.1. The highest BCUT2D eigenvalue weighted by Crippen LogP contribution is 2.21. The number of esters is 1.